The first-order chi connectivity index (χ1) is 9.57. The van der Waals surface area contributed by atoms with E-state index >= 15 is 0 Å². The van der Waals surface area contributed by atoms with Crippen LogP contribution in [0.2, 0.25) is 0 Å². The van der Waals surface area contributed by atoms with Crippen molar-refractivity contribution in [1.82, 2.24) is 9.78 Å². The van der Waals surface area contributed by atoms with Gasteiger partial charge in [-0.25, -0.2) is 0 Å². The van der Waals surface area contributed by atoms with Crippen molar-refractivity contribution < 1.29 is 4.74 Å². The lowest BCUT2D eigenvalue weighted by Crippen LogP contribution is -2.25. The molecular formula is C16H21N3O. The zero-order valence-corrected chi connectivity index (χ0v) is 12.3. The SMILES string of the molecule is CCn1cc(NCc2cccc3c2OC(C)(C)C3)cn1. The van der Waals surface area contributed by atoms with Crippen LogP contribution in [0.5, 0.6) is 5.75 Å². The van der Waals surface area contributed by atoms with Crippen LogP contribution in [-0.4, -0.2) is 15.4 Å². The fourth-order valence-electron chi connectivity index (χ4n) is 2.64. The van der Waals surface area contributed by atoms with Crippen LogP contribution in [0.15, 0.2) is 30.6 Å². The van der Waals surface area contributed by atoms with Crippen molar-refractivity contribution >= 4 is 5.69 Å². The van der Waals surface area contributed by atoms with Crippen molar-refractivity contribution in [1.29, 1.82) is 0 Å². The van der Waals surface area contributed by atoms with E-state index < -0.39 is 0 Å². The second-order valence-electron chi connectivity index (χ2n) is 5.88. The molecule has 1 aliphatic heterocycles. The molecule has 106 valence electrons. The fourth-order valence-corrected chi connectivity index (χ4v) is 2.64. The summed E-state index contributed by atoms with van der Waals surface area (Å²) in [7, 11) is 0. The number of anilines is 1. The van der Waals surface area contributed by atoms with Gasteiger partial charge in [-0.05, 0) is 26.3 Å². The number of hydrogen-bond acceptors (Lipinski definition) is 3. The average molecular weight is 271 g/mol. The lowest BCUT2D eigenvalue weighted by atomic mass is 10.0. The molecule has 0 atom stereocenters. The summed E-state index contributed by atoms with van der Waals surface area (Å²) in [5, 5.41) is 7.67. The molecule has 2 heterocycles. The van der Waals surface area contributed by atoms with Crippen LogP contribution in [0.4, 0.5) is 5.69 Å². The number of aromatic nitrogens is 2. The van der Waals surface area contributed by atoms with Gasteiger partial charge in [0, 0.05) is 31.3 Å². The summed E-state index contributed by atoms with van der Waals surface area (Å²) in [6, 6.07) is 6.39. The third-order valence-electron chi connectivity index (χ3n) is 3.61. The van der Waals surface area contributed by atoms with Gasteiger partial charge in [-0.15, -0.1) is 0 Å². The van der Waals surface area contributed by atoms with E-state index in [0.717, 1.165) is 30.9 Å². The quantitative estimate of drug-likeness (QED) is 0.928. The highest BCUT2D eigenvalue weighted by atomic mass is 16.5. The van der Waals surface area contributed by atoms with Gasteiger partial charge < -0.3 is 10.1 Å². The van der Waals surface area contributed by atoms with Crippen LogP contribution in [0.25, 0.3) is 0 Å². The maximum atomic E-state index is 6.08. The molecule has 0 amide bonds. The molecule has 20 heavy (non-hydrogen) atoms. The van der Waals surface area contributed by atoms with E-state index in [0.29, 0.717) is 0 Å². The molecule has 0 unspecified atom stereocenters. The third kappa shape index (κ3) is 2.50. The number of para-hydroxylation sites is 1. The van der Waals surface area contributed by atoms with E-state index in [1.165, 1.54) is 11.1 Å². The maximum absolute atomic E-state index is 6.08. The van der Waals surface area contributed by atoms with E-state index in [1.54, 1.807) is 0 Å². The zero-order valence-electron chi connectivity index (χ0n) is 12.3. The number of ether oxygens (including phenoxy) is 1. The van der Waals surface area contributed by atoms with Crippen molar-refractivity contribution in [3.05, 3.63) is 41.7 Å². The highest BCUT2D eigenvalue weighted by molar-refractivity contribution is 5.48. The molecule has 1 aromatic heterocycles. The van der Waals surface area contributed by atoms with Crippen LogP contribution in [0.3, 0.4) is 0 Å². The molecule has 0 bridgehead atoms. The van der Waals surface area contributed by atoms with Gasteiger partial charge in [0.05, 0.1) is 11.9 Å². The summed E-state index contributed by atoms with van der Waals surface area (Å²) >= 11 is 0. The summed E-state index contributed by atoms with van der Waals surface area (Å²) in [6.45, 7) is 8.00. The van der Waals surface area contributed by atoms with Crippen molar-refractivity contribution in [2.24, 2.45) is 0 Å². The van der Waals surface area contributed by atoms with Gasteiger partial charge in [0.15, 0.2) is 0 Å². The first-order valence-electron chi connectivity index (χ1n) is 7.13. The minimum absolute atomic E-state index is 0.0917. The predicted molar refractivity (Wildman–Crippen MR) is 80.1 cm³/mol. The second-order valence-corrected chi connectivity index (χ2v) is 5.88. The average Bonchev–Trinajstić information content (AvgIpc) is 2.98. The summed E-state index contributed by atoms with van der Waals surface area (Å²) in [6.07, 6.45) is 4.86. The second kappa shape index (κ2) is 4.85. The lowest BCUT2D eigenvalue weighted by molar-refractivity contribution is 0.137. The Morgan fingerprint density at radius 2 is 2.25 bits per heavy atom. The number of nitrogens with zero attached hydrogens (tertiary/aromatic N) is 2. The minimum atomic E-state index is -0.0917. The van der Waals surface area contributed by atoms with E-state index in [9.17, 15) is 0 Å². The van der Waals surface area contributed by atoms with Crippen LogP contribution < -0.4 is 10.1 Å². The number of rotatable bonds is 4. The summed E-state index contributed by atoms with van der Waals surface area (Å²) < 4.78 is 7.99. The van der Waals surface area contributed by atoms with Crippen molar-refractivity contribution in [3.8, 4) is 5.75 Å². The van der Waals surface area contributed by atoms with Crippen molar-refractivity contribution in [2.45, 2.75) is 45.9 Å². The minimum Gasteiger partial charge on any atom is -0.487 e. The molecule has 0 saturated carbocycles. The molecule has 0 radical (unpaired) electrons. The number of fused-ring (bicyclic) bond motifs is 1. The van der Waals surface area contributed by atoms with Gasteiger partial charge in [-0.1, -0.05) is 18.2 Å². The topological polar surface area (TPSA) is 39.1 Å². The molecule has 1 aliphatic rings. The van der Waals surface area contributed by atoms with Gasteiger partial charge in [0.25, 0.3) is 0 Å². The molecule has 1 aromatic carbocycles. The third-order valence-corrected chi connectivity index (χ3v) is 3.61. The molecular weight excluding hydrogens is 250 g/mol. The van der Waals surface area contributed by atoms with Gasteiger partial charge in [-0.2, -0.15) is 5.10 Å². The van der Waals surface area contributed by atoms with Crippen LogP contribution in [0, 0.1) is 0 Å². The van der Waals surface area contributed by atoms with Gasteiger partial charge in [0.2, 0.25) is 0 Å². The number of aryl methyl sites for hydroxylation is 1. The predicted octanol–water partition coefficient (Wildman–Crippen LogP) is 3.23. The Hall–Kier alpha value is -1.97. The largest absolute Gasteiger partial charge is 0.487 e. The lowest BCUT2D eigenvalue weighted by Gasteiger charge is -2.18. The first kappa shape index (κ1) is 13.0. The number of nitrogens with one attached hydrogen (secondary N) is 1. The summed E-state index contributed by atoms with van der Waals surface area (Å²) in [4.78, 5) is 0. The van der Waals surface area contributed by atoms with Gasteiger partial charge in [0.1, 0.15) is 11.4 Å². The van der Waals surface area contributed by atoms with Crippen LogP contribution in [-0.2, 0) is 19.5 Å². The molecule has 0 aliphatic carbocycles. The molecule has 4 heteroatoms. The first-order valence-corrected chi connectivity index (χ1v) is 7.13. The summed E-state index contributed by atoms with van der Waals surface area (Å²) in [5.41, 5.74) is 3.46. The Morgan fingerprint density at radius 1 is 1.40 bits per heavy atom. The molecule has 2 aromatic rings. The highest BCUT2D eigenvalue weighted by Crippen LogP contribution is 2.37. The Balaban J connectivity index is 1.75. The molecule has 0 spiro atoms. The fraction of sp³-hybridized carbons (Fsp3) is 0.438. The van der Waals surface area contributed by atoms with Crippen LogP contribution >= 0.6 is 0 Å². The number of hydrogen-bond donors (Lipinski definition) is 1. The summed E-state index contributed by atoms with van der Waals surface area (Å²) in [5.74, 6) is 1.05. The van der Waals surface area contributed by atoms with E-state index in [1.807, 2.05) is 17.1 Å². The van der Waals surface area contributed by atoms with Crippen molar-refractivity contribution in [3.63, 3.8) is 0 Å². The van der Waals surface area contributed by atoms with E-state index in [4.69, 9.17) is 4.74 Å². The van der Waals surface area contributed by atoms with Gasteiger partial charge in [-0.3, -0.25) is 4.68 Å². The zero-order chi connectivity index (χ0) is 14.2. The Bertz CT molecular complexity index is 616. The van der Waals surface area contributed by atoms with Crippen molar-refractivity contribution in [2.75, 3.05) is 5.32 Å². The Morgan fingerprint density at radius 3 is 3.00 bits per heavy atom. The monoisotopic (exact) mass is 271 g/mol. The van der Waals surface area contributed by atoms with E-state index in [2.05, 4.69) is 49.4 Å². The Labute approximate surface area is 119 Å². The smallest absolute Gasteiger partial charge is 0.128 e. The molecule has 1 N–H and O–H groups in total. The van der Waals surface area contributed by atoms with Crippen LogP contribution in [0.1, 0.15) is 31.9 Å². The molecule has 3 rings (SSSR count). The van der Waals surface area contributed by atoms with Gasteiger partial charge >= 0.3 is 0 Å². The normalized spacial score (nSPS) is 15.8. The molecule has 4 nitrogen and oxygen atoms in total. The van der Waals surface area contributed by atoms with E-state index in [-0.39, 0.29) is 5.60 Å². The molecule has 0 saturated heterocycles. The number of benzene rings is 1. The highest BCUT2D eigenvalue weighted by Gasteiger charge is 2.31. The molecule has 0 fully saturated rings. The standard InChI is InChI=1S/C16H21N3O/c1-4-19-11-14(10-18-19)17-9-13-7-5-6-12-8-16(2,3)20-15(12)13/h5-7,10-11,17H,4,8-9H2,1-3H3. The Kier molecular flexibility index (Phi) is 3.16. The maximum Gasteiger partial charge on any atom is 0.128 e.